The van der Waals surface area contributed by atoms with Gasteiger partial charge in [-0.2, -0.15) is 0 Å². The second-order valence-electron chi connectivity index (χ2n) is 4.20. The standard InChI is InChI=1S/C12H11ClN2O/c1-7(16)12-14-10-4-2-3-9(13)11(10)15(12)8-5-6-8/h2-4,8H,5-6H2,1H3. The molecule has 0 N–H and O–H groups in total. The number of hydrogen-bond acceptors (Lipinski definition) is 2. The number of Topliss-reactive ketones (excluding diaryl/α,β-unsaturated/α-hetero) is 1. The summed E-state index contributed by atoms with van der Waals surface area (Å²) in [5, 5.41) is 0.671. The van der Waals surface area contributed by atoms with Crippen LogP contribution in [0.4, 0.5) is 0 Å². The van der Waals surface area contributed by atoms with E-state index >= 15 is 0 Å². The normalized spacial score (nSPS) is 15.6. The number of para-hydroxylation sites is 1. The van der Waals surface area contributed by atoms with E-state index in [1.807, 2.05) is 22.8 Å². The van der Waals surface area contributed by atoms with Crippen LogP contribution in [0, 0.1) is 0 Å². The summed E-state index contributed by atoms with van der Waals surface area (Å²) < 4.78 is 2.00. The molecule has 1 aromatic heterocycles. The topological polar surface area (TPSA) is 34.9 Å². The van der Waals surface area contributed by atoms with Crippen LogP contribution in [-0.4, -0.2) is 15.3 Å². The van der Waals surface area contributed by atoms with Crippen LogP contribution in [0.5, 0.6) is 0 Å². The number of imidazole rings is 1. The van der Waals surface area contributed by atoms with Crippen LogP contribution in [0.25, 0.3) is 11.0 Å². The molecule has 1 aromatic carbocycles. The van der Waals surface area contributed by atoms with Gasteiger partial charge >= 0.3 is 0 Å². The number of carbonyl (C=O) groups is 1. The van der Waals surface area contributed by atoms with Gasteiger partial charge in [-0.1, -0.05) is 17.7 Å². The molecule has 2 aromatic rings. The second-order valence-corrected chi connectivity index (χ2v) is 4.61. The summed E-state index contributed by atoms with van der Waals surface area (Å²) >= 11 is 6.18. The minimum absolute atomic E-state index is 0.000772. The molecule has 0 spiro atoms. The molecule has 4 heteroatoms. The maximum Gasteiger partial charge on any atom is 0.195 e. The smallest absolute Gasteiger partial charge is 0.195 e. The number of ketones is 1. The lowest BCUT2D eigenvalue weighted by Crippen LogP contribution is -2.06. The number of benzene rings is 1. The number of nitrogens with zero attached hydrogens (tertiary/aromatic N) is 2. The quantitative estimate of drug-likeness (QED) is 0.748. The van der Waals surface area contributed by atoms with Crippen LogP contribution in [0.3, 0.4) is 0 Å². The summed E-state index contributed by atoms with van der Waals surface area (Å²) in [6, 6.07) is 6.00. The average molecular weight is 235 g/mol. The first-order valence-corrected chi connectivity index (χ1v) is 5.73. The molecule has 0 aliphatic heterocycles. The molecule has 0 radical (unpaired) electrons. The number of aromatic nitrogens is 2. The Kier molecular flexibility index (Phi) is 2.04. The van der Waals surface area contributed by atoms with E-state index in [0.717, 1.165) is 23.9 Å². The van der Waals surface area contributed by atoms with Crippen molar-refractivity contribution in [2.45, 2.75) is 25.8 Å². The highest BCUT2D eigenvalue weighted by Gasteiger charge is 2.30. The Bertz CT molecular complexity index is 584. The van der Waals surface area contributed by atoms with Gasteiger partial charge in [0.2, 0.25) is 0 Å². The molecule has 3 nitrogen and oxygen atoms in total. The van der Waals surface area contributed by atoms with Gasteiger partial charge in [0.1, 0.15) is 0 Å². The Morgan fingerprint density at radius 3 is 2.88 bits per heavy atom. The third-order valence-corrected chi connectivity index (χ3v) is 3.19. The number of halogens is 1. The average Bonchev–Trinajstić information content (AvgIpc) is 2.99. The summed E-state index contributed by atoms with van der Waals surface area (Å²) in [6.45, 7) is 1.55. The van der Waals surface area contributed by atoms with Crippen LogP contribution in [0.2, 0.25) is 5.02 Å². The van der Waals surface area contributed by atoms with Crippen LogP contribution >= 0.6 is 11.6 Å². The van der Waals surface area contributed by atoms with Gasteiger partial charge in [-0.05, 0) is 25.0 Å². The highest BCUT2D eigenvalue weighted by molar-refractivity contribution is 6.35. The van der Waals surface area contributed by atoms with E-state index in [9.17, 15) is 4.79 Å². The van der Waals surface area contributed by atoms with Crippen LogP contribution in [0.15, 0.2) is 18.2 Å². The van der Waals surface area contributed by atoms with Crippen molar-refractivity contribution in [2.75, 3.05) is 0 Å². The van der Waals surface area contributed by atoms with Gasteiger partial charge in [-0.25, -0.2) is 4.98 Å². The molecule has 1 aliphatic rings. The lowest BCUT2D eigenvalue weighted by atomic mass is 10.3. The largest absolute Gasteiger partial charge is 0.317 e. The molecule has 0 atom stereocenters. The molecule has 0 amide bonds. The number of rotatable bonds is 2. The maximum atomic E-state index is 11.6. The highest BCUT2D eigenvalue weighted by Crippen LogP contribution is 2.40. The van der Waals surface area contributed by atoms with Crippen molar-refractivity contribution >= 4 is 28.4 Å². The molecule has 0 unspecified atom stereocenters. The van der Waals surface area contributed by atoms with Gasteiger partial charge in [0.05, 0.1) is 16.1 Å². The van der Waals surface area contributed by atoms with E-state index < -0.39 is 0 Å². The summed E-state index contributed by atoms with van der Waals surface area (Å²) in [5.41, 5.74) is 1.71. The molecule has 1 saturated carbocycles. The number of hydrogen-bond donors (Lipinski definition) is 0. The fourth-order valence-electron chi connectivity index (χ4n) is 2.04. The van der Waals surface area contributed by atoms with Crippen molar-refractivity contribution in [1.82, 2.24) is 9.55 Å². The van der Waals surface area contributed by atoms with Crippen LogP contribution in [-0.2, 0) is 0 Å². The Morgan fingerprint density at radius 2 is 2.25 bits per heavy atom. The first-order valence-electron chi connectivity index (χ1n) is 5.36. The molecule has 82 valence electrons. The first kappa shape index (κ1) is 9.85. The van der Waals surface area contributed by atoms with E-state index in [0.29, 0.717) is 16.9 Å². The lowest BCUT2D eigenvalue weighted by molar-refractivity contribution is 0.1000. The second kappa shape index (κ2) is 3.32. The Hall–Kier alpha value is -1.35. The van der Waals surface area contributed by atoms with Crippen molar-refractivity contribution in [2.24, 2.45) is 0 Å². The van der Waals surface area contributed by atoms with Crippen molar-refractivity contribution in [3.63, 3.8) is 0 Å². The molecule has 1 heterocycles. The monoisotopic (exact) mass is 234 g/mol. The fraction of sp³-hybridized carbons (Fsp3) is 0.333. The van der Waals surface area contributed by atoms with E-state index in [4.69, 9.17) is 11.6 Å². The van der Waals surface area contributed by atoms with Gasteiger partial charge in [0.25, 0.3) is 0 Å². The molecule has 1 aliphatic carbocycles. The zero-order valence-electron chi connectivity index (χ0n) is 8.90. The maximum absolute atomic E-state index is 11.6. The SMILES string of the molecule is CC(=O)c1nc2cccc(Cl)c2n1C1CC1. The third-order valence-electron chi connectivity index (χ3n) is 2.89. The summed E-state index contributed by atoms with van der Waals surface area (Å²) in [7, 11) is 0. The fourth-order valence-corrected chi connectivity index (χ4v) is 2.30. The van der Waals surface area contributed by atoms with Crippen LogP contribution in [0.1, 0.15) is 36.4 Å². The van der Waals surface area contributed by atoms with Crippen molar-refractivity contribution in [3.05, 3.63) is 29.0 Å². The Morgan fingerprint density at radius 1 is 1.50 bits per heavy atom. The van der Waals surface area contributed by atoms with Gasteiger partial charge in [-0.15, -0.1) is 0 Å². The van der Waals surface area contributed by atoms with E-state index in [1.54, 1.807) is 6.92 Å². The molecule has 0 bridgehead atoms. The first-order chi connectivity index (χ1) is 7.68. The van der Waals surface area contributed by atoms with Gasteiger partial charge in [0.15, 0.2) is 11.6 Å². The molecule has 0 saturated heterocycles. The summed E-state index contributed by atoms with van der Waals surface area (Å²) in [6.07, 6.45) is 2.22. The minimum Gasteiger partial charge on any atom is -0.317 e. The molecule has 16 heavy (non-hydrogen) atoms. The number of carbonyl (C=O) groups excluding carboxylic acids is 1. The van der Waals surface area contributed by atoms with Gasteiger partial charge < -0.3 is 4.57 Å². The van der Waals surface area contributed by atoms with Crippen molar-refractivity contribution in [3.8, 4) is 0 Å². The summed E-state index contributed by atoms with van der Waals surface area (Å²) in [4.78, 5) is 15.9. The molecular weight excluding hydrogens is 224 g/mol. The Balaban J connectivity index is 2.38. The van der Waals surface area contributed by atoms with Crippen molar-refractivity contribution in [1.29, 1.82) is 0 Å². The van der Waals surface area contributed by atoms with E-state index in [-0.39, 0.29) is 5.78 Å². The predicted octanol–water partition coefficient (Wildman–Crippen LogP) is 3.23. The third kappa shape index (κ3) is 1.35. The van der Waals surface area contributed by atoms with Gasteiger partial charge in [-0.3, -0.25) is 4.79 Å². The zero-order chi connectivity index (χ0) is 11.3. The van der Waals surface area contributed by atoms with E-state index in [1.165, 1.54) is 0 Å². The predicted molar refractivity (Wildman–Crippen MR) is 63.0 cm³/mol. The van der Waals surface area contributed by atoms with E-state index in [2.05, 4.69) is 4.98 Å². The lowest BCUT2D eigenvalue weighted by Gasteiger charge is -2.05. The molecule has 3 rings (SSSR count). The minimum atomic E-state index is -0.000772. The highest BCUT2D eigenvalue weighted by atomic mass is 35.5. The van der Waals surface area contributed by atoms with Gasteiger partial charge in [0, 0.05) is 13.0 Å². The Labute approximate surface area is 98.0 Å². The molecular formula is C12H11ClN2O. The molecule has 1 fully saturated rings. The van der Waals surface area contributed by atoms with Crippen molar-refractivity contribution < 1.29 is 4.79 Å². The number of fused-ring (bicyclic) bond motifs is 1. The van der Waals surface area contributed by atoms with Crippen LogP contribution < -0.4 is 0 Å². The zero-order valence-corrected chi connectivity index (χ0v) is 9.66. The summed E-state index contributed by atoms with van der Waals surface area (Å²) in [5.74, 6) is 0.532.